The lowest BCUT2D eigenvalue weighted by atomic mass is 10.3. The maximum Gasteiger partial charge on any atom is 0.271 e. The maximum absolute atomic E-state index is 12.3. The Morgan fingerprint density at radius 1 is 1.47 bits per heavy atom. The summed E-state index contributed by atoms with van der Waals surface area (Å²) in [5.41, 5.74) is 2.25. The first-order chi connectivity index (χ1) is 9.08. The van der Waals surface area contributed by atoms with Crippen molar-refractivity contribution >= 4 is 33.2 Å². The summed E-state index contributed by atoms with van der Waals surface area (Å²) < 4.78 is 3.92. The summed E-state index contributed by atoms with van der Waals surface area (Å²) in [6, 6.07) is 1.84. The van der Waals surface area contributed by atoms with Crippen LogP contribution in [0.4, 0.5) is 0 Å². The third-order valence-electron chi connectivity index (χ3n) is 3.02. The second-order valence-corrected chi connectivity index (χ2v) is 5.58. The highest BCUT2D eigenvalue weighted by Crippen LogP contribution is 2.20. The zero-order valence-corrected chi connectivity index (χ0v) is 12.0. The molecule has 3 heterocycles. The molecule has 0 aliphatic heterocycles. The van der Waals surface area contributed by atoms with Crippen LogP contribution in [0.1, 0.15) is 11.4 Å². The molecule has 19 heavy (non-hydrogen) atoms. The highest BCUT2D eigenvalue weighted by atomic mass is 35.5. The van der Waals surface area contributed by atoms with Crippen molar-refractivity contribution in [3.63, 3.8) is 0 Å². The quantitative estimate of drug-likeness (QED) is 0.728. The van der Waals surface area contributed by atoms with E-state index in [1.54, 1.807) is 15.6 Å². The first-order valence-electron chi connectivity index (χ1n) is 5.68. The Labute approximate surface area is 118 Å². The van der Waals surface area contributed by atoms with Crippen LogP contribution in [0.3, 0.4) is 0 Å². The van der Waals surface area contributed by atoms with Gasteiger partial charge >= 0.3 is 0 Å². The molecule has 0 radical (unpaired) electrons. The van der Waals surface area contributed by atoms with Crippen LogP contribution in [0, 0.1) is 6.92 Å². The van der Waals surface area contributed by atoms with Crippen molar-refractivity contribution in [1.29, 1.82) is 0 Å². The molecule has 0 amide bonds. The van der Waals surface area contributed by atoms with Crippen LogP contribution < -0.4 is 5.56 Å². The molecule has 3 rings (SSSR count). The summed E-state index contributed by atoms with van der Waals surface area (Å²) in [5, 5.41) is 6.70. The molecule has 0 saturated carbocycles. The van der Waals surface area contributed by atoms with Gasteiger partial charge in [0, 0.05) is 7.05 Å². The SMILES string of the molecule is Cc1nn(C)c(Cn2cnc3ccsc3c2=O)c1Cl. The van der Waals surface area contributed by atoms with Crippen LogP contribution in [-0.4, -0.2) is 19.3 Å². The molecule has 98 valence electrons. The fourth-order valence-electron chi connectivity index (χ4n) is 2.00. The fourth-order valence-corrected chi connectivity index (χ4v) is 3.02. The van der Waals surface area contributed by atoms with Gasteiger partial charge < -0.3 is 0 Å². The number of hydrogen-bond acceptors (Lipinski definition) is 4. The van der Waals surface area contributed by atoms with Gasteiger partial charge in [0.25, 0.3) is 5.56 Å². The molecule has 0 saturated heterocycles. The van der Waals surface area contributed by atoms with E-state index in [2.05, 4.69) is 10.1 Å². The topological polar surface area (TPSA) is 52.7 Å². The molecule has 5 nitrogen and oxygen atoms in total. The average molecular weight is 295 g/mol. The molecule has 0 spiro atoms. The van der Waals surface area contributed by atoms with Gasteiger partial charge in [-0.1, -0.05) is 11.6 Å². The van der Waals surface area contributed by atoms with E-state index in [9.17, 15) is 4.79 Å². The summed E-state index contributed by atoms with van der Waals surface area (Å²) in [6.45, 7) is 2.21. The Morgan fingerprint density at radius 2 is 2.26 bits per heavy atom. The molecule has 0 aliphatic carbocycles. The summed E-state index contributed by atoms with van der Waals surface area (Å²) in [4.78, 5) is 16.5. The predicted molar refractivity (Wildman–Crippen MR) is 75.9 cm³/mol. The van der Waals surface area contributed by atoms with Crippen LogP contribution in [-0.2, 0) is 13.6 Å². The molecular weight excluding hydrogens is 284 g/mol. The van der Waals surface area contributed by atoms with Crippen LogP contribution in [0.25, 0.3) is 10.2 Å². The zero-order valence-electron chi connectivity index (χ0n) is 10.4. The van der Waals surface area contributed by atoms with Crippen molar-refractivity contribution in [3.8, 4) is 0 Å². The lowest BCUT2D eigenvalue weighted by Gasteiger charge is -2.06. The third-order valence-corrected chi connectivity index (χ3v) is 4.40. The highest BCUT2D eigenvalue weighted by molar-refractivity contribution is 7.17. The molecular formula is C12H11ClN4OS. The van der Waals surface area contributed by atoms with Gasteiger partial charge in [-0.05, 0) is 18.4 Å². The Hall–Kier alpha value is -1.66. The Bertz CT molecular complexity index is 817. The van der Waals surface area contributed by atoms with E-state index in [4.69, 9.17) is 11.6 Å². The Morgan fingerprint density at radius 3 is 2.95 bits per heavy atom. The minimum absolute atomic E-state index is 0.0464. The molecule has 0 atom stereocenters. The van der Waals surface area contributed by atoms with E-state index in [0.29, 0.717) is 16.3 Å². The van der Waals surface area contributed by atoms with Gasteiger partial charge in [0.2, 0.25) is 0 Å². The number of halogens is 1. The molecule has 0 N–H and O–H groups in total. The smallest absolute Gasteiger partial charge is 0.271 e. The highest BCUT2D eigenvalue weighted by Gasteiger charge is 2.13. The van der Waals surface area contributed by atoms with Gasteiger partial charge in [0.05, 0.1) is 34.8 Å². The van der Waals surface area contributed by atoms with E-state index in [0.717, 1.165) is 16.9 Å². The Kier molecular flexibility index (Phi) is 2.91. The van der Waals surface area contributed by atoms with Gasteiger partial charge in [0.1, 0.15) is 4.70 Å². The third kappa shape index (κ3) is 1.97. The maximum atomic E-state index is 12.3. The molecule has 0 unspecified atom stereocenters. The van der Waals surface area contributed by atoms with Crippen molar-refractivity contribution in [2.24, 2.45) is 7.05 Å². The number of rotatable bonds is 2. The van der Waals surface area contributed by atoms with Gasteiger partial charge in [-0.2, -0.15) is 5.10 Å². The van der Waals surface area contributed by atoms with Crippen LogP contribution >= 0.6 is 22.9 Å². The predicted octanol–water partition coefficient (Wildman–Crippen LogP) is 2.20. The zero-order chi connectivity index (χ0) is 13.6. The standard InChI is InChI=1S/C12H11ClN4OS/c1-7-10(13)9(16(2)15-7)5-17-6-14-8-3-4-19-11(8)12(17)18/h3-4,6H,5H2,1-2H3. The first kappa shape index (κ1) is 12.4. The minimum atomic E-state index is -0.0464. The second kappa shape index (κ2) is 4.47. The van der Waals surface area contributed by atoms with E-state index in [-0.39, 0.29) is 5.56 Å². The number of aromatic nitrogens is 4. The molecule has 0 bridgehead atoms. The van der Waals surface area contributed by atoms with E-state index < -0.39 is 0 Å². The van der Waals surface area contributed by atoms with Crippen molar-refractivity contribution < 1.29 is 0 Å². The molecule has 0 aliphatic rings. The first-order valence-corrected chi connectivity index (χ1v) is 6.94. The summed E-state index contributed by atoms with van der Waals surface area (Å²) in [6.07, 6.45) is 1.55. The van der Waals surface area contributed by atoms with E-state index >= 15 is 0 Å². The lowest BCUT2D eigenvalue weighted by molar-refractivity contribution is 0.648. The van der Waals surface area contributed by atoms with Crippen molar-refractivity contribution in [1.82, 2.24) is 19.3 Å². The lowest BCUT2D eigenvalue weighted by Crippen LogP contribution is -2.21. The van der Waals surface area contributed by atoms with Crippen LogP contribution in [0.15, 0.2) is 22.6 Å². The molecule has 3 aromatic heterocycles. The van der Waals surface area contributed by atoms with Crippen molar-refractivity contribution in [3.05, 3.63) is 44.5 Å². The molecule has 0 aromatic carbocycles. The molecule has 7 heteroatoms. The fraction of sp³-hybridized carbons (Fsp3) is 0.250. The average Bonchev–Trinajstić information content (AvgIpc) is 2.93. The normalized spacial score (nSPS) is 11.3. The van der Waals surface area contributed by atoms with E-state index in [1.807, 2.05) is 25.4 Å². The van der Waals surface area contributed by atoms with Crippen molar-refractivity contribution in [2.75, 3.05) is 0 Å². The van der Waals surface area contributed by atoms with Crippen LogP contribution in [0.5, 0.6) is 0 Å². The molecule has 0 fully saturated rings. The van der Waals surface area contributed by atoms with Crippen molar-refractivity contribution in [2.45, 2.75) is 13.5 Å². The van der Waals surface area contributed by atoms with Gasteiger partial charge in [-0.3, -0.25) is 14.0 Å². The number of thiophene rings is 1. The van der Waals surface area contributed by atoms with E-state index in [1.165, 1.54) is 11.3 Å². The Balaban J connectivity index is 2.10. The number of nitrogens with zero attached hydrogens (tertiary/aromatic N) is 4. The molecule has 3 aromatic rings. The second-order valence-electron chi connectivity index (χ2n) is 4.28. The van der Waals surface area contributed by atoms with Gasteiger partial charge in [-0.25, -0.2) is 4.98 Å². The minimum Gasteiger partial charge on any atom is -0.292 e. The summed E-state index contributed by atoms with van der Waals surface area (Å²) >= 11 is 7.60. The summed E-state index contributed by atoms with van der Waals surface area (Å²) in [7, 11) is 1.82. The number of hydrogen-bond donors (Lipinski definition) is 0. The monoisotopic (exact) mass is 294 g/mol. The van der Waals surface area contributed by atoms with Gasteiger partial charge in [-0.15, -0.1) is 11.3 Å². The van der Waals surface area contributed by atoms with Crippen LogP contribution in [0.2, 0.25) is 5.02 Å². The number of aryl methyl sites for hydroxylation is 2. The largest absolute Gasteiger partial charge is 0.292 e. The van der Waals surface area contributed by atoms with Gasteiger partial charge in [0.15, 0.2) is 0 Å². The summed E-state index contributed by atoms with van der Waals surface area (Å²) in [5.74, 6) is 0. The number of fused-ring (bicyclic) bond motifs is 1.